The van der Waals surface area contributed by atoms with Gasteiger partial charge in [-0.15, -0.1) is 12.4 Å². The number of halogens is 1. The molecule has 2 atom stereocenters. The molecule has 0 saturated carbocycles. The first-order valence-corrected chi connectivity index (χ1v) is 6.09. The van der Waals surface area contributed by atoms with Gasteiger partial charge in [0.25, 0.3) is 0 Å². The van der Waals surface area contributed by atoms with E-state index in [2.05, 4.69) is 5.32 Å². The second-order valence-corrected chi connectivity index (χ2v) is 5.09. The topological polar surface area (TPSA) is 78.7 Å². The molecular weight excluding hydrogens is 256 g/mol. The van der Waals surface area contributed by atoms with Crippen LogP contribution in [0.4, 0.5) is 4.79 Å². The van der Waals surface area contributed by atoms with Crippen LogP contribution in [0.2, 0.25) is 0 Å². The summed E-state index contributed by atoms with van der Waals surface area (Å²) in [6.45, 7) is 6.30. The van der Waals surface area contributed by atoms with Crippen LogP contribution >= 0.6 is 12.4 Å². The Morgan fingerprint density at radius 1 is 1.44 bits per heavy atom. The smallest absolute Gasteiger partial charge is 0.317 e. The third-order valence-electron chi connectivity index (χ3n) is 3.55. The Labute approximate surface area is 113 Å². The minimum absolute atomic E-state index is 0. The summed E-state index contributed by atoms with van der Waals surface area (Å²) in [5, 5.41) is 2.79. The van der Waals surface area contributed by atoms with Gasteiger partial charge < -0.3 is 20.9 Å². The summed E-state index contributed by atoms with van der Waals surface area (Å²) >= 11 is 0. The van der Waals surface area contributed by atoms with Crippen molar-refractivity contribution in [1.29, 1.82) is 0 Å². The predicted molar refractivity (Wildman–Crippen MR) is 70.5 cm³/mol. The van der Waals surface area contributed by atoms with Crippen LogP contribution in [0.1, 0.15) is 13.8 Å². The van der Waals surface area contributed by atoms with Crippen LogP contribution < -0.4 is 11.1 Å². The molecule has 0 aromatic carbocycles. The highest BCUT2D eigenvalue weighted by Gasteiger charge is 2.38. The molecule has 3 N–H and O–H groups in total. The van der Waals surface area contributed by atoms with E-state index >= 15 is 0 Å². The molecule has 0 aromatic heterocycles. The molecule has 2 aliphatic rings. The highest BCUT2D eigenvalue weighted by molar-refractivity contribution is 5.85. The van der Waals surface area contributed by atoms with E-state index in [0.717, 1.165) is 0 Å². The number of urea groups is 1. The van der Waals surface area contributed by atoms with Crippen molar-refractivity contribution in [3.63, 3.8) is 0 Å². The maximum atomic E-state index is 12.1. The monoisotopic (exact) mass is 276 g/mol. The summed E-state index contributed by atoms with van der Waals surface area (Å²) in [4.78, 5) is 27.1. The Morgan fingerprint density at radius 3 is 2.72 bits per heavy atom. The quantitative estimate of drug-likeness (QED) is 0.722. The van der Waals surface area contributed by atoms with E-state index in [0.29, 0.717) is 26.2 Å². The lowest BCUT2D eigenvalue weighted by Crippen LogP contribution is -2.57. The van der Waals surface area contributed by atoms with E-state index in [9.17, 15) is 9.59 Å². The van der Waals surface area contributed by atoms with Gasteiger partial charge >= 0.3 is 6.03 Å². The van der Waals surface area contributed by atoms with Gasteiger partial charge in [0.15, 0.2) is 0 Å². The molecule has 0 spiro atoms. The van der Waals surface area contributed by atoms with Gasteiger partial charge in [0, 0.05) is 26.2 Å². The first kappa shape index (κ1) is 15.0. The number of rotatable bonds is 2. The molecule has 0 aromatic rings. The van der Waals surface area contributed by atoms with E-state index in [1.165, 1.54) is 0 Å². The van der Waals surface area contributed by atoms with Crippen LogP contribution in [0.3, 0.4) is 0 Å². The molecule has 6 nitrogen and oxygen atoms in total. The summed E-state index contributed by atoms with van der Waals surface area (Å²) in [5.41, 5.74) is 5.87. The van der Waals surface area contributed by atoms with Gasteiger partial charge in [-0.1, -0.05) is 13.8 Å². The van der Waals surface area contributed by atoms with Crippen molar-refractivity contribution in [2.75, 3.05) is 26.2 Å². The van der Waals surface area contributed by atoms with Crippen molar-refractivity contribution in [3.05, 3.63) is 0 Å². The van der Waals surface area contributed by atoms with Crippen molar-refractivity contribution >= 4 is 24.3 Å². The Morgan fingerprint density at radius 2 is 2.11 bits per heavy atom. The third-order valence-corrected chi connectivity index (χ3v) is 3.55. The van der Waals surface area contributed by atoms with E-state index < -0.39 is 6.04 Å². The maximum Gasteiger partial charge on any atom is 0.317 e. The summed E-state index contributed by atoms with van der Waals surface area (Å²) < 4.78 is 0. The predicted octanol–water partition coefficient (Wildman–Crippen LogP) is -0.372. The molecule has 3 amide bonds. The zero-order valence-corrected chi connectivity index (χ0v) is 11.6. The van der Waals surface area contributed by atoms with E-state index in [-0.39, 0.29) is 36.3 Å². The summed E-state index contributed by atoms with van der Waals surface area (Å²) in [6, 6.07) is -0.346. The fourth-order valence-corrected chi connectivity index (χ4v) is 2.30. The van der Waals surface area contributed by atoms with Gasteiger partial charge in [0.2, 0.25) is 5.91 Å². The fraction of sp³-hybridized carbons (Fsp3) is 0.818. The number of nitrogens with one attached hydrogen (secondary N) is 1. The van der Waals surface area contributed by atoms with E-state index in [1.54, 1.807) is 9.80 Å². The molecule has 2 fully saturated rings. The van der Waals surface area contributed by atoms with Gasteiger partial charge in [0.1, 0.15) is 0 Å². The second kappa shape index (κ2) is 5.75. The minimum atomic E-state index is -0.438. The number of nitrogens with two attached hydrogens (primary N) is 1. The lowest BCUT2D eigenvalue weighted by Gasteiger charge is -2.37. The van der Waals surface area contributed by atoms with Crippen LogP contribution in [0, 0.1) is 5.92 Å². The van der Waals surface area contributed by atoms with Crippen molar-refractivity contribution in [2.24, 2.45) is 11.7 Å². The average molecular weight is 277 g/mol. The van der Waals surface area contributed by atoms with Crippen molar-refractivity contribution < 1.29 is 9.59 Å². The molecule has 2 rings (SSSR count). The van der Waals surface area contributed by atoms with Crippen LogP contribution in [-0.2, 0) is 4.79 Å². The maximum absolute atomic E-state index is 12.1. The number of piperazine rings is 1. The first-order valence-electron chi connectivity index (χ1n) is 6.09. The highest BCUT2D eigenvalue weighted by Crippen LogP contribution is 2.15. The molecule has 0 aliphatic carbocycles. The number of nitrogens with zero attached hydrogens (tertiary/aromatic N) is 2. The van der Waals surface area contributed by atoms with Gasteiger partial charge in [-0.3, -0.25) is 4.79 Å². The SMILES string of the molecule is CC(C)C(N)C(=O)N1CCN2C(=O)NCC2C1.Cl. The zero-order valence-electron chi connectivity index (χ0n) is 10.8. The third kappa shape index (κ3) is 2.70. The lowest BCUT2D eigenvalue weighted by molar-refractivity contribution is -0.135. The normalized spacial score (nSPS) is 24.4. The number of hydrogen-bond acceptors (Lipinski definition) is 3. The Kier molecular flexibility index (Phi) is 4.81. The Balaban J connectivity index is 0.00000162. The zero-order chi connectivity index (χ0) is 12.6. The molecule has 0 bridgehead atoms. The lowest BCUT2D eigenvalue weighted by atomic mass is 10.0. The molecule has 2 heterocycles. The Bertz CT molecular complexity index is 337. The average Bonchev–Trinajstić information content (AvgIpc) is 2.68. The van der Waals surface area contributed by atoms with Crippen molar-refractivity contribution in [1.82, 2.24) is 15.1 Å². The van der Waals surface area contributed by atoms with Gasteiger partial charge in [-0.2, -0.15) is 0 Å². The molecule has 18 heavy (non-hydrogen) atoms. The van der Waals surface area contributed by atoms with Crippen molar-refractivity contribution in [3.8, 4) is 0 Å². The first-order chi connectivity index (χ1) is 8.00. The molecule has 104 valence electrons. The van der Waals surface area contributed by atoms with Gasteiger partial charge in [-0.25, -0.2) is 4.79 Å². The largest absolute Gasteiger partial charge is 0.337 e. The molecular formula is C11H21ClN4O2. The van der Waals surface area contributed by atoms with Crippen LogP contribution in [0.15, 0.2) is 0 Å². The number of carbonyl (C=O) groups is 2. The summed E-state index contributed by atoms with van der Waals surface area (Å²) in [7, 11) is 0. The Hall–Kier alpha value is -1.01. The summed E-state index contributed by atoms with van der Waals surface area (Å²) in [5.74, 6) is 0.142. The van der Waals surface area contributed by atoms with E-state index in [4.69, 9.17) is 5.73 Å². The fourth-order valence-electron chi connectivity index (χ4n) is 2.30. The van der Waals surface area contributed by atoms with Gasteiger partial charge in [0.05, 0.1) is 12.1 Å². The molecule has 2 saturated heterocycles. The number of carbonyl (C=O) groups excluding carboxylic acids is 2. The van der Waals surface area contributed by atoms with Crippen molar-refractivity contribution in [2.45, 2.75) is 25.9 Å². The van der Waals surface area contributed by atoms with Crippen LogP contribution in [0.5, 0.6) is 0 Å². The highest BCUT2D eigenvalue weighted by atomic mass is 35.5. The summed E-state index contributed by atoms with van der Waals surface area (Å²) in [6.07, 6.45) is 0. The number of hydrogen-bond donors (Lipinski definition) is 2. The molecule has 2 unspecified atom stereocenters. The molecule has 0 radical (unpaired) electrons. The minimum Gasteiger partial charge on any atom is -0.337 e. The van der Waals surface area contributed by atoms with Gasteiger partial charge in [-0.05, 0) is 5.92 Å². The van der Waals surface area contributed by atoms with Crippen LogP contribution in [-0.4, -0.2) is 60.0 Å². The molecule has 7 heteroatoms. The van der Waals surface area contributed by atoms with E-state index in [1.807, 2.05) is 13.8 Å². The van der Waals surface area contributed by atoms with Crippen LogP contribution in [0.25, 0.3) is 0 Å². The second-order valence-electron chi connectivity index (χ2n) is 5.09. The molecule has 2 aliphatic heterocycles. The number of amides is 3. The standard InChI is InChI=1S/C11H20N4O2.ClH/c1-7(2)9(12)10(16)14-3-4-15-8(6-14)5-13-11(15)17;/h7-9H,3-6,12H2,1-2H3,(H,13,17);1H. The number of fused-ring (bicyclic) bond motifs is 1.